The second-order valence-electron chi connectivity index (χ2n) is 4.74. The molecule has 1 rings (SSSR count). The van der Waals surface area contributed by atoms with Crippen LogP contribution in [-0.4, -0.2) is 28.8 Å². The molecule has 1 atom stereocenters. The first kappa shape index (κ1) is 14.5. The quantitative estimate of drug-likeness (QED) is 0.717. The standard InChI is InChI=1S/C14H21NO3/c1-10(2)13(17)9-15-14(18)8-7-11-5-3-4-6-12(11)16/h3-6,10,13,16-17H,7-9H2,1-2H3,(H,15,18). The molecule has 0 aliphatic carbocycles. The number of rotatable bonds is 6. The Bertz CT molecular complexity index is 390. The second-order valence-corrected chi connectivity index (χ2v) is 4.74. The predicted octanol–water partition coefficient (Wildman–Crippen LogP) is 1.46. The summed E-state index contributed by atoms with van der Waals surface area (Å²) < 4.78 is 0. The highest BCUT2D eigenvalue weighted by atomic mass is 16.3. The summed E-state index contributed by atoms with van der Waals surface area (Å²) in [6.07, 6.45) is 0.289. The van der Waals surface area contributed by atoms with Gasteiger partial charge in [0.2, 0.25) is 5.91 Å². The van der Waals surface area contributed by atoms with Crippen molar-refractivity contribution in [3.63, 3.8) is 0 Å². The molecular weight excluding hydrogens is 230 g/mol. The molecular formula is C14H21NO3. The van der Waals surface area contributed by atoms with Crippen molar-refractivity contribution in [3.8, 4) is 5.75 Å². The normalized spacial score (nSPS) is 12.4. The topological polar surface area (TPSA) is 69.6 Å². The summed E-state index contributed by atoms with van der Waals surface area (Å²) in [5.74, 6) is 0.230. The monoisotopic (exact) mass is 251 g/mol. The molecule has 0 bridgehead atoms. The van der Waals surface area contributed by atoms with Crippen LogP contribution in [0.15, 0.2) is 24.3 Å². The van der Waals surface area contributed by atoms with Crippen molar-refractivity contribution < 1.29 is 15.0 Å². The number of aromatic hydroxyl groups is 1. The SMILES string of the molecule is CC(C)C(O)CNC(=O)CCc1ccccc1O. The first-order chi connectivity index (χ1) is 8.50. The summed E-state index contributed by atoms with van der Waals surface area (Å²) in [7, 11) is 0. The van der Waals surface area contributed by atoms with Crippen LogP contribution in [0.1, 0.15) is 25.8 Å². The molecule has 0 heterocycles. The number of carbonyl (C=O) groups is 1. The van der Waals surface area contributed by atoms with Gasteiger partial charge in [-0.2, -0.15) is 0 Å². The van der Waals surface area contributed by atoms with Crippen molar-refractivity contribution in [3.05, 3.63) is 29.8 Å². The average molecular weight is 251 g/mol. The molecule has 0 aromatic heterocycles. The van der Waals surface area contributed by atoms with E-state index in [1.807, 2.05) is 19.9 Å². The molecule has 0 saturated heterocycles. The predicted molar refractivity (Wildman–Crippen MR) is 70.3 cm³/mol. The maximum Gasteiger partial charge on any atom is 0.220 e. The largest absolute Gasteiger partial charge is 0.508 e. The van der Waals surface area contributed by atoms with Gasteiger partial charge in [-0.15, -0.1) is 0 Å². The van der Waals surface area contributed by atoms with Gasteiger partial charge in [0.15, 0.2) is 0 Å². The summed E-state index contributed by atoms with van der Waals surface area (Å²) >= 11 is 0. The molecule has 1 unspecified atom stereocenters. The molecule has 1 aromatic carbocycles. The van der Waals surface area contributed by atoms with Gasteiger partial charge in [0.1, 0.15) is 5.75 Å². The number of benzene rings is 1. The lowest BCUT2D eigenvalue weighted by molar-refractivity contribution is -0.121. The third kappa shape index (κ3) is 4.75. The van der Waals surface area contributed by atoms with E-state index < -0.39 is 6.10 Å². The minimum absolute atomic E-state index is 0.113. The molecule has 100 valence electrons. The molecule has 0 fully saturated rings. The van der Waals surface area contributed by atoms with Gasteiger partial charge in [-0.3, -0.25) is 4.79 Å². The molecule has 0 saturated carbocycles. The first-order valence-electron chi connectivity index (χ1n) is 6.22. The van der Waals surface area contributed by atoms with Crippen molar-refractivity contribution in [1.82, 2.24) is 5.32 Å². The zero-order valence-electron chi connectivity index (χ0n) is 10.9. The molecule has 0 aliphatic rings. The number of aryl methyl sites for hydroxylation is 1. The molecule has 1 amide bonds. The van der Waals surface area contributed by atoms with Crippen LogP contribution in [0.2, 0.25) is 0 Å². The maximum absolute atomic E-state index is 11.6. The number of aliphatic hydroxyl groups excluding tert-OH is 1. The van der Waals surface area contributed by atoms with Crippen LogP contribution in [0.4, 0.5) is 0 Å². The van der Waals surface area contributed by atoms with Gasteiger partial charge in [-0.1, -0.05) is 32.0 Å². The molecule has 0 spiro atoms. The van der Waals surface area contributed by atoms with Crippen molar-refractivity contribution in [2.75, 3.05) is 6.54 Å². The van der Waals surface area contributed by atoms with E-state index in [0.29, 0.717) is 12.8 Å². The molecule has 4 nitrogen and oxygen atoms in total. The number of para-hydroxylation sites is 1. The van der Waals surface area contributed by atoms with Crippen molar-refractivity contribution in [2.24, 2.45) is 5.92 Å². The fraction of sp³-hybridized carbons (Fsp3) is 0.500. The lowest BCUT2D eigenvalue weighted by atomic mass is 10.1. The fourth-order valence-electron chi connectivity index (χ4n) is 1.51. The number of hydrogen-bond donors (Lipinski definition) is 3. The minimum Gasteiger partial charge on any atom is -0.508 e. The van der Waals surface area contributed by atoms with Gasteiger partial charge >= 0.3 is 0 Å². The van der Waals surface area contributed by atoms with Gasteiger partial charge in [-0.25, -0.2) is 0 Å². The Hall–Kier alpha value is -1.55. The van der Waals surface area contributed by atoms with Crippen molar-refractivity contribution in [1.29, 1.82) is 0 Å². The van der Waals surface area contributed by atoms with Gasteiger partial charge in [0.25, 0.3) is 0 Å². The summed E-state index contributed by atoms with van der Waals surface area (Å²) in [6, 6.07) is 6.98. The highest BCUT2D eigenvalue weighted by molar-refractivity contribution is 5.76. The van der Waals surface area contributed by atoms with Crippen molar-refractivity contribution >= 4 is 5.91 Å². The van der Waals surface area contributed by atoms with Crippen LogP contribution in [0, 0.1) is 5.92 Å². The molecule has 1 aromatic rings. The summed E-state index contributed by atoms with van der Waals surface area (Å²) in [4.78, 5) is 11.6. The van der Waals surface area contributed by atoms with Crippen LogP contribution in [-0.2, 0) is 11.2 Å². The Kier molecular flexibility index (Phi) is 5.65. The van der Waals surface area contributed by atoms with E-state index in [2.05, 4.69) is 5.32 Å². The number of carbonyl (C=O) groups excluding carboxylic acids is 1. The van der Waals surface area contributed by atoms with Crippen LogP contribution in [0.5, 0.6) is 5.75 Å². The summed E-state index contributed by atoms with van der Waals surface area (Å²) in [5, 5.41) is 21.8. The van der Waals surface area contributed by atoms with Crippen molar-refractivity contribution in [2.45, 2.75) is 32.8 Å². The van der Waals surface area contributed by atoms with E-state index >= 15 is 0 Å². The maximum atomic E-state index is 11.6. The molecule has 0 aliphatic heterocycles. The molecule has 4 heteroatoms. The summed E-state index contributed by atoms with van der Waals surface area (Å²) in [6.45, 7) is 4.08. The lowest BCUT2D eigenvalue weighted by Gasteiger charge is -2.15. The van der Waals surface area contributed by atoms with Gasteiger partial charge in [0.05, 0.1) is 6.10 Å². The number of phenolic OH excluding ortho intramolecular Hbond substituents is 1. The Morgan fingerprint density at radius 1 is 1.33 bits per heavy atom. The van der Waals surface area contributed by atoms with Gasteiger partial charge in [-0.05, 0) is 24.0 Å². The highest BCUT2D eigenvalue weighted by Gasteiger charge is 2.11. The Morgan fingerprint density at radius 2 is 2.00 bits per heavy atom. The Morgan fingerprint density at radius 3 is 2.61 bits per heavy atom. The van der Waals surface area contributed by atoms with E-state index in [4.69, 9.17) is 0 Å². The highest BCUT2D eigenvalue weighted by Crippen LogP contribution is 2.16. The lowest BCUT2D eigenvalue weighted by Crippen LogP contribution is -2.34. The van der Waals surface area contributed by atoms with Gasteiger partial charge in [0, 0.05) is 13.0 Å². The number of hydrogen-bond acceptors (Lipinski definition) is 3. The second kappa shape index (κ2) is 7.01. The zero-order chi connectivity index (χ0) is 13.5. The molecule has 0 radical (unpaired) electrons. The fourth-order valence-corrected chi connectivity index (χ4v) is 1.51. The van der Waals surface area contributed by atoms with E-state index in [0.717, 1.165) is 5.56 Å². The zero-order valence-corrected chi connectivity index (χ0v) is 10.9. The Labute approximate surface area is 108 Å². The van der Waals surface area contributed by atoms with E-state index in [-0.39, 0.29) is 24.1 Å². The number of amides is 1. The van der Waals surface area contributed by atoms with Gasteiger partial charge < -0.3 is 15.5 Å². The summed E-state index contributed by atoms with van der Waals surface area (Å²) in [5.41, 5.74) is 0.761. The smallest absolute Gasteiger partial charge is 0.220 e. The number of nitrogens with one attached hydrogen (secondary N) is 1. The van der Waals surface area contributed by atoms with E-state index in [1.54, 1.807) is 18.2 Å². The van der Waals surface area contributed by atoms with Crippen LogP contribution < -0.4 is 5.32 Å². The van der Waals surface area contributed by atoms with E-state index in [9.17, 15) is 15.0 Å². The minimum atomic E-state index is -0.515. The molecule has 18 heavy (non-hydrogen) atoms. The first-order valence-corrected chi connectivity index (χ1v) is 6.22. The average Bonchev–Trinajstić information content (AvgIpc) is 2.34. The van der Waals surface area contributed by atoms with E-state index in [1.165, 1.54) is 0 Å². The van der Waals surface area contributed by atoms with Crippen LogP contribution in [0.25, 0.3) is 0 Å². The molecule has 3 N–H and O–H groups in total. The number of phenols is 1. The van der Waals surface area contributed by atoms with Crippen LogP contribution >= 0.6 is 0 Å². The number of aliphatic hydroxyl groups is 1. The Balaban J connectivity index is 2.32. The van der Waals surface area contributed by atoms with Crippen LogP contribution in [0.3, 0.4) is 0 Å². The third-order valence-corrected chi connectivity index (χ3v) is 2.89. The third-order valence-electron chi connectivity index (χ3n) is 2.89.